The molecule has 0 aromatic carbocycles. The van der Waals surface area contributed by atoms with Gasteiger partial charge in [0.2, 0.25) is 0 Å². The zero-order valence-corrected chi connectivity index (χ0v) is 7.66. The maximum Gasteiger partial charge on any atom is 0.0824 e. The average molecular weight is 174 g/mol. The molecule has 1 N–H and O–H groups in total. The fraction of sp³-hybridized carbons (Fsp3) is 1.00. The molecule has 0 saturated carbocycles. The number of aliphatic hydroxyl groups excluding tert-OH is 1. The zero-order valence-electron chi connectivity index (χ0n) is 7.66. The highest BCUT2D eigenvalue weighted by molar-refractivity contribution is 4.72. The molecule has 1 rings (SSSR count). The topological polar surface area (TPSA) is 38.7 Å². The minimum Gasteiger partial charge on any atom is -0.390 e. The van der Waals surface area contributed by atoms with E-state index in [-0.39, 0.29) is 6.10 Å². The van der Waals surface area contributed by atoms with Gasteiger partial charge in [-0.15, -0.1) is 0 Å². The van der Waals surface area contributed by atoms with Crippen molar-refractivity contribution < 1.29 is 14.6 Å². The van der Waals surface area contributed by atoms with Gasteiger partial charge in [0.05, 0.1) is 19.3 Å². The van der Waals surface area contributed by atoms with Crippen molar-refractivity contribution in [2.45, 2.75) is 25.9 Å². The van der Waals surface area contributed by atoms with Gasteiger partial charge >= 0.3 is 0 Å². The molecule has 0 spiro atoms. The lowest BCUT2D eigenvalue weighted by Gasteiger charge is -2.15. The lowest BCUT2D eigenvalue weighted by atomic mass is 10.0. The molecule has 12 heavy (non-hydrogen) atoms. The molecule has 2 unspecified atom stereocenters. The number of hydrogen-bond acceptors (Lipinski definition) is 3. The van der Waals surface area contributed by atoms with Crippen LogP contribution in [0.15, 0.2) is 0 Å². The number of rotatable bonds is 5. The molecule has 0 bridgehead atoms. The first-order valence-electron chi connectivity index (χ1n) is 4.68. The van der Waals surface area contributed by atoms with Gasteiger partial charge in [-0.2, -0.15) is 0 Å². The molecule has 0 aliphatic carbocycles. The fourth-order valence-corrected chi connectivity index (χ4v) is 1.34. The van der Waals surface area contributed by atoms with E-state index in [0.717, 1.165) is 26.1 Å². The zero-order chi connectivity index (χ0) is 8.81. The summed E-state index contributed by atoms with van der Waals surface area (Å²) in [5, 5.41) is 9.57. The third kappa shape index (κ3) is 3.09. The highest BCUT2D eigenvalue weighted by atomic mass is 16.5. The van der Waals surface area contributed by atoms with Gasteiger partial charge in [0, 0.05) is 19.1 Å². The van der Waals surface area contributed by atoms with E-state index in [1.807, 2.05) is 0 Å². The maximum absolute atomic E-state index is 9.57. The number of hydrogen-bond donors (Lipinski definition) is 1. The van der Waals surface area contributed by atoms with Crippen LogP contribution < -0.4 is 0 Å². The molecule has 1 aliphatic rings. The Balaban J connectivity index is 2.05. The van der Waals surface area contributed by atoms with Crippen LogP contribution in [0.25, 0.3) is 0 Å². The molecule has 1 heterocycles. The van der Waals surface area contributed by atoms with Gasteiger partial charge in [0.15, 0.2) is 0 Å². The summed E-state index contributed by atoms with van der Waals surface area (Å²) in [4.78, 5) is 0. The van der Waals surface area contributed by atoms with Gasteiger partial charge in [0.25, 0.3) is 0 Å². The van der Waals surface area contributed by atoms with E-state index in [1.165, 1.54) is 0 Å². The van der Waals surface area contributed by atoms with Crippen molar-refractivity contribution in [3.63, 3.8) is 0 Å². The monoisotopic (exact) mass is 174 g/mol. The van der Waals surface area contributed by atoms with Crippen molar-refractivity contribution in [1.82, 2.24) is 0 Å². The van der Waals surface area contributed by atoms with Crippen molar-refractivity contribution >= 4 is 0 Å². The average Bonchev–Trinajstić information content (AvgIpc) is 2.56. The van der Waals surface area contributed by atoms with Crippen LogP contribution >= 0.6 is 0 Å². The van der Waals surface area contributed by atoms with Gasteiger partial charge in [-0.25, -0.2) is 0 Å². The van der Waals surface area contributed by atoms with Crippen molar-refractivity contribution in [1.29, 1.82) is 0 Å². The van der Waals surface area contributed by atoms with E-state index in [4.69, 9.17) is 9.47 Å². The van der Waals surface area contributed by atoms with Gasteiger partial charge in [-0.05, 0) is 12.8 Å². The molecule has 0 amide bonds. The van der Waals surface area contributed by atoms with Crippen LogP contribution in [0.1, 0.15) is 19.8 Å². The second kappa shape index (κ2) is 5.51. The Morgan fingerprint density at radius 1 is 1.67 bits per heavy atom. The van der Waals surface area contributed by atoms with Crippen LogP contribution in [-0.4, -0.2) is 37.6 Å². The Morgan fingerprint density at radius 3 is 3.08 bits per heavy atom. The highest BCUT2D eigenvalue weighted by Gasteiger charge is 2.23. The van der Waals surface area contributed by atoms with Crippen molar-refractivity contribution in [2.75, 3.05) is 26.4 Å². The molecule has 3 heteroatoms. The molecule has 3 nitrogen and oxygen atoms in total. The predicted molar refractivity (Wildman–Crippen MR) is 46.0 cm³/mol. The summed E-state index contributed by atoms with van der Waals surface area (Å²) in [5.41, 5.74) is 0. The summed E-state index contributed by atoms with van der Waals surface area (Å²) < 4.78 is 10.4. The second-order valence-corrected chi connectivity index (χ2v) is 3.27. The van der Waals surface area contributed by atoms with Crippen LogP contribution in [0.3, 0.4) is 0 Å². The maximum atomic E-state index is 9.57. The van der Waals surface area contributed by atoms with E-state index >= 15 is 0 Å². The lowest BCUT2D eigenvalue weighted by Crippen LogP contribution is -2.26. The van der Waals surface area contributed by atoms with Gasteiger partial charge in [-0.3, -0.25) is 0 Å². The standard InChI is InChI=1S/C9H18O3/c1-2-4-11-7-9(10)8-3-5-12-6-8/h8-10H,2-7H2,1H3. The van der Waals surface area contributed by atoms with Crippen LogP contribution in [0.5, 0.6) is 0 Å². The first-order chi connectivity index (χ1) is 5.84. The van der Waals surface area contributed by atoms with E-state index in [2.05, 4.69) is 6.92 Å². The lowest BCUT2D eigenvalue weighted by molar-refractivity contribution is 0.00239. The molecule has 72 valence electrons. The predicted octanol–water partition coefficient (Wildman–Crippen LogP) is 0.810. The van der Waals surface area contributed by atoms with Crippen LogP contribution in [0.2, 0.25) is 0 Å². The van der Waals surface area contributed by atoms with E-state index in [0.29, 0.717) is 19.1 Å². The van der Waals surface area contributed by atoms with Crippen LogP contribution in [-0.2, 0) is 9.47 Å². The van der Waals surface area contributed by atoms with Gasteiger partial charge in [0.1, 0.15) is 0 Å². The molecule has 0 aromatic heterocycles. The Labute approximate surface area is 73.7 Å². The van der Waals surface area contributed by atoms with Crippen molar-refractivity contribution in [3.8, 4) is 0 Å². The summed E-state index contributed by atoms with van der Waals surface area (Å²) in [7, 11) is 0. The van der Waals surface area contributed by atoms with Gasteiger partial charge in [-0.1, -0.05) is 6.92 Å². The molecule has 0 aromatic rings. The van der Waals surface area contributed by atoms with E-state index in [9.17, 15) is 5.11 Å². The van der Waals surface area contributed by atoms with Crippen LogP contribution in [0, 0.1) is 5.92 Å². The normalized spacial score (nSPS) is 26.0. The first-order valence-corrected chi connectivity index (χ1v) is 4.68. The van der Waals surface area contributed by atoms with E-state index < -0.39 is 0 Å². The Hall–Kier alpha value is -0.120. The molecular formula is C9H18O3. The third-order valence-corrected chi connectivity index (χ3v) is 2.15. The Kier molecular flexibility index (Phi) is 4.58. The van der Waals surface area contributed by atoms with Crippen LogP contribution in [0.4, 0.5) is 0 Å². The quantitative estimate of drug-likeness (QED) is 0.627. The molecule has 0 radical (unpaired) electrons. The van der Waals surface area contributed by atoms with Gasteiger partial charge < -0.3 is 14.6 Å². The Morgan fingerprint density at radius 2 is 2.50 bits per heavy atom. The molecular weight excluding hydrogens is 156 g/mol. The van der Waals surface area contributed by atoms with Crippen molar-refractivity contribution in [3.05, 3.63) is 0 Å². The SMILES string of the molecule is CCCOCC(O)C1CCOC1. The summed E-state index contributed by atoms with van der Waals surface area (Å²) >= 11 is 0. The summed E-state index contributed by atoms with van der Waals surface area (Å²) in [5.74, 6) is 0.293. The third-order valence-electron chi connectivity index (χ3n) is 2.15. The molecule has 1 aliphatic heterocycles. The molecule has 2 atom stereocenters. The highest BCUT2D eigenvalue weighted by Crippen LogP contribution is 2.16. The Bertz CT molecular complexity index is 110. The smallest absolute Gasteiger partial charge is 0.0824 e. The van der Waals surface area contributed by atoms with Crippen molar-refractivity contribution in [2.24, 2.45) is 5.92 Å². The molecule has 1 fully saturated rings. The minimum absolute atomic E-state index is 0.293. The number of ether oxygens (including phenoxy) is 2. The number of aliphatic hydroxyl groups is 1. The first kappa shape index (κ1) is 9.96. The summed E-state index contributed by atoms with van der Waals surface area (Å²) in [6.45, 7) is 4.74. The van der Waals surface area contributed by atoms with E-state index in [1.54, 1.807) is 0 Å². The fourth-order valence-electron chi connectivity index (χ4n) is 1.34. The molecule has 1 saturated heterocycles. The summed E-state index contributed by atoms with van der Waals surface area (Å²) in [6, 6.07) is 0. The minimum atomic E-state index is -0.334. The summed E-state index contributed by atoms with van der Waals surface area (Å²) in [6.07, 6.45) is 1.64. The largest absolute Gasteiger partial charge is 0.390 e. The second-order valence-electron chi connectivity index (χ2n) is 3.27.